The summed E-state index contributed by atoms with van der Waals surface area (Å²) in [5.74, 6) is 0.604. The predicted molar refractivity (Wildman–Crippen MR) is 60.1 cm³/mol. The minimum absolute atomic E-state index is 0.286. The number of benzene rings is 1. The third-order valence-corrected chi connectivity index (χ3v) is 2.22. The predicted octanol–water partition coefficient (Wildman–Crippen LogP) is 2.84. The summed E-state index contributed by atoms with van der Waals surface area (Å²) in [6.45, 7) is 7.17. The van der Waals surface area contributed by atoms with Crippen molar-refractivity contribution in [3.63, 3.8) is 0 Å². The molecule has 0 N–H and O–H groups in total. The van der Waals surface area contributed by atoms with Crippen molar-refractivity contribution in [2.24, 2.45) is 0 Å². The molecule has 1 amide bonds. The summed E-state index contributed by atoms with van der Waals surface area (Å²) in [5.41, 5.74) is 1.08. The minimum atomic E-state index is -0.286. The van der Waals surface area contributed by atoms with Gasteiger partial charge in [0, 0.05) is 13.1 Å². The molecule has 0 aromatic heterocycles. The van der Waals surface area contributed by atoms with Gasteiger partial charge >= 0.3 is 6.09 Å². The van der Waals surface area contributed by atoms with Crippen LogP contribution in [0, 0.1) is 6.92 Å². The monoisotopic (exact) mass is 207 g/mol. The molecule has 1 aromatic carbocycles. The number of aryl methyl sites for hydroxylation is 1. The fourth-order valence-corrected chi connectivity index (χ4v) is 1.33. The third-order valence-electron chi connectivity index (χ3n) is 2.22. The molecule has 3 nitrogen and oxygen atoms in total. The van der Waals surface area contributed by atoms with Gasteiger partial charge in [-0.25, -0.2) is 4.79 Å². The van der Waals surface area contributed by atoms with Crippen LogP contribution >= 0.6 is 0 Å². The van der Waals surface area contributed by atoms with Crippen LogP contribution in [0.1, 0.15) is 19.4 Å². The normalized spacial score (nSPS) is 9.80. The first-order valence-corrected chi connectivity index (χ1v) is 5.20. The lowest BCUT2D eigenvalue weighted by molar-refractivity contribution is 0.157. The highest BCUT2D eigenvalue weighted by Gasteiger charge is 2.11. The Morgan fingerprint density at radius 3 is 2.53 bits per heavy atom. The highest BCUT2D eigenvalue weighted by molar-refractivity contribution is 5.70. The van der Waals surface area contributed by atoms with Crippen molar-refractivity contribution >= 4 is 6.09 Å². The molecule has 0 saturated heterocycles. The Bertz CT molecular complexity index is 332. The van der Waals surface area contributed by atoms with Crippen LogP contribution in [-0.2, 0) is 0 Å². The maximum atomic E-state index is 11.6. The van der Waals surface area contributed by atoms with Crippen molar-refractivity contribution < 1.29 is 9.53 Å². The maximum absolute atomic E-state index is 11.6. The Labute approximate surface area is 90.7 Å². The van der Waals surface area contributed by atoms with E-state index < -0.39 is 0 Å². The van der Waals surface area contributed by atoms with Crippen LogP contribution in [0.5, 0.6) is 5.75 Å². The van der Waals surface area contributed by atoms with E-state index in [4.69, 9.17) is 4.74 Å². The molecule has 0 radical (unpaired) electrons. The number of rotatable bonds is 3. The molecule has 0 unspecified atom stereocenters. The summed E-state index contributed by atoms with van der Waals surface area (Å²) in [5, 5.41) is 0. The molecule has 1 rings (SSSR count). The third kappa shape index (κ3) is 3.27. The Morgan fingerprint density at radius 2 is 2.00 bits per heavy atom. The van der Waals surface area contributed by atoms with E-state index in [1.54, 1.807) is 11.0 Å². The SMILES string of the molecule is CCN(CC)C(=O)Oc1cccc(C)c1. The van der Waals surface area contributed by atoms with Crippen LogP contribution in [-0.4, -0.2) is 24.1 Å². The lowest BCUT2D eigenvalue weighted by Gasteiger charge is -2.17. The van der Waals surface area contributed by atoms with Crippen LogP contribution in [0.4, 0.5) is 4.79 Å². The molecule has 0 aliphatic rings. The molecule has 3 heteroatoms. The number of nitrogens with zero attached hydrogens (tertiary/aromatic N) is 1. The van der Waals surface area contributed by atoms with Crippen LogP contribution in [0.25, 0.3) is 0 Å². The van der Waals surface area contributed by atoms with Crippen LogP contribution < -0.4 is 4.74 Å². The van der Waals surface area contributed by atoms with Gasteiger partial charge in [-0.05, 0) is 38.5 Å². The Balaban J connectivity index is 2.65. The van der Waals surface area contributed by atoms with Crippen LogP contribution in [0.15, 0.2) is 24.3 Å². The Hall–Kier alpha value is -1.51. The van der Waals surface area contributed by atoms with Gasteiger partial charge in [0.05, 0.1) is 0 Å². The van der Waals surface area contributed by atoms with Gasteiger partial charge in [0.25, 0.3) is 0 Å². The van der Waals surface area contributed by atoms with Crippen molar-refractivity contribution in [2.75, 3.05) is 13.1 Å². The molecule has 0 aliphatic heterocycles. The van der Waals surface area contributed by atoms with E-state index in [1.807, 2.05) is 39.0 Å². The highest BCUT2D eigenvalue weighted by Crippen LogP contribution is 2.13. The van der Waals surface area contributed by atoms with Crippen molar-refractivity contribution in [1.29, 1.82) is 0 Å². The summed E-state index contributed by atoms with van der Waals surface area (Å²) in [7, 11) is 0. The van der Waals surface area contributed by atoms with Crippen molar-refractivity contribution in [3.8, 4) is 5.75 Å². The molecule has 0 atom stereocenters. The standard InChI is InChI=1S/C12H17NO2/c1-4-13(5-2)12(14)15-11-8-6-7-10(3)9-11/h6-9H,4-5H2,1-3H3. The zero-order valence-corrected chi connectivity index (χ0v) is 9.49. The quantitative estimate of drug-likeness (QED) is 0.762. The van der Waals surface area contributed by atoms with Gasteiger partial charge in [-0.3, -0.25) is 0 Å². The van der Waals surface area contributed by atoms with E-state index in [-0.39, 0.29) is 6.09 Å². The summed E-state index contributed by atoms with van der Waals surface area (Å²) < 4.78 is 5.23. The van der Waals surface area contributed by atoms with E-state index in [1.165, 1.54) is 0 Å². The number of hydrogen-bond donors (Lipinski definition) is 0. The highest BCUT2D eigenvalue weighted by atomic mass is 16.6. The molecule has 0 saturated carbocycles. The molecule has 0 spiro atoms. The first kappa shape index (κ1) is 11.6. The largest absolute Gasteiger partial charge is 0.415 e. The second-order valence-corrected chi connectivity index (χ2v) is 3.36. The molecular weight excluding hydrogens is 190 g/mol. The fraction of sp³-hybridized carbons (Fsp3) is 0.417. The number of hydrogen-bond acceptors (Lipinski definition) is 2. The van der Waals surface area contributed by atoms with Crippen LogP contribution in [0.3, 0.4) is 0 Å². The number of carbonyl (C=O) groups excluding carboxylic acids is 1. The molecule has 1 aromatic rings. The zero-order valence-electron chi connectivity index (χ0n) is 9.49. The average Bonchev–Trinajstić information content (AvgIpc) is 2.19. The number of carbonyl (C=O) groups is 1. The Kier molecular flexibility index (Phi) is 4.16. The molecule has 15 heavy (non-hydrogen) atoms. The summed E-state index contributed by atoms with van der Waals surface area (Å²) in [4.78, 5) is 13.2. The van der Waals surface area contributed by atoms with Gasteiger partial charge in [0.2, 0.25) is 0 Å². The molecule has 0 bridgehead atoms. The van der Waals surface area contributed by atoms with Gasteiger partial charge in [0.1, 0.15) is 5.75 Å². The topological polar surface area (TPSA) is 29.5 Å². The van der Waals surface area contributed by atoms with Crippen molar-refractivity contribution in [3.05, 3.63) is 29.8 Å². The number of ether oxygens (including phenoxy) is 1. The molecule has 0 heterocycles. The zero-order chi connectivity index (χ0) is 11.3. The van der Waals surface area contributed by atoms with Crippen LogP contribution in [0.2, 0.25) is 0 Å². The lowest BCUT2D eigenvalue weighted by atomic mass is 10.2. The van der Waals surface area contributed by atoms with Gasteiger partial charge in [-0.2, -0.15) is 0 Å². The first-order chi connectivity index (χ1) is 7.17. The second kappa shape index (κ2) is 5.39. The lowest BCUT2D eigenvalue weighted by Crippen LogP contribution is -2.33. The average molecular weight is 207 g/mol. The molecule has 82 valence electrons. The summed E-state index contributed by atoms with van der Waals surface area (Å²) in [6.07, 6.45) is -0.286. The smallest absolute Gasteiger partial charge is 0.410 e. The van der Waals surface area contributed by atoms with E-state index >= 15 is 0 Å². The van der Waals surface area contributed by atoms with Gasteiger partial charge in [0.15, 0.2) is 0 Å². The Morgan fingerprint density at radius 1 is 1.33 bits per heavy atom. The summed E-state index contributed by atoms with van der Waals surface area (Å²) >= 11 is 0. The van der Waals surface area contributed by atoms with E-state index in [0.29, 0.717) is 18.8 Å². The second-order valence-electron chi connectivity index (χ2n) is 3.36. The maximum Gasteiger partial charge on any atom is 0.415 e. The van der Waals surface area contributed by atoms with E-state index in [9.17, 15) is 4.79 Å². The minimum Gasteiger partial charge on any atom is -0.410 e. The fourth-order valence-electron chi connectivity index (χ4n) is 1.33. The van der Waals surface area contributed by atoms with Gasteiger partial charge < -0.3 is 9.64 Å². The van der Waals surface area contributed by atoms with Crippen molar-refractivity contribution in [1.82, 2.24) is 4.90 Å². The van der Waals surface area contributed by atoms with Gasteiger partial charge in [-0.1, -0.05) is 12.1 Å². The first-order valence-electron chi connectivity index (χ1n) is 5.20. The van der Waals surface area contributed by atoms with Gasteiger partial charge in [-0.15, -0.1) is 0 Å². The molecular formula is C12H17NO2. The van der Waals surface area contributed by atoms with E-state index in [0.717, 1.165) is 5.56 Å². The van der Waals surface area contributed by atoms with E-state index in [2.05, 4.69) is 0 Å². The molecule has 0 aliphatic carbocycles. The number of amides is 1. The molecule has 0 fully saturated rings. The van der Waals surface area contributed by atoms with Crippen molar-refractivity contribution in [2.45, 2.75) is 20.8 Å². The summed E-state index contributed by atoms with van der Waals surface area (Å²) in [6, 6.07) is 7.48.